The van der Waals surface area contributed by atoms with Crippen molar-refractivity contribution in [2.24, 2.45) is 17.8 Å². The van der Waals surface area contributed by atoms with Crippen LogP contribution >= 0.6 is 0 Å². The van der Waals surface area contributed by atoms with Crippen molar-refractivity contribution in [2.45, 2.75) is 85.1 Å². The van der Waals surface area contributed by atoms with Crippen LogP contribution in [0, 0.1) is 24.7 Å². The summed E-state index contributed by atoms with van der Waals surface area (Å²) in [6, 6.07) is 1.08. The Morgan fingerprint density at radius 2 is 1.67 bits per heavy atom. The van der Waals surface area contributed by atoms with Crippen LogP contribution in [0.5, 0.6) is 23.0 Å². The average Bonchev–Trinajstić information content (AvgIpc) is 3.38. The minimum atomic E-state index is -2.13. The number of ether oxygens (including phenoxy) is 5. The van der Waals surface area contributed by atoms with Crippen LogP contribution in [0.2, 0.25) is 0 Å². The summed E-state index contributed by atoms with van der Waals surface area (Å²) in [4.78, 5) is 64.8. The number of Topliss-reactive ketones (excluding diaryl/α,β-unsaturated/α-hetero) is 2. The molecule has 0 radical (unpaired) electrons. The quantitative estimate of drug-likeness (QED) is 0.187. The van der Waals surface area contributed by atoms with Gasteiger partial charge in [0, 0.05) is 61.3 Å². The summed E-state index contributed by atoms with van der Waals surface area (Å²) in [5.41, 5.74) is -2.66. The van der Waals surface area contributed by atoms with Gasteiger partial charge in [-0.1, -0.05) is 32.9 Å². The van der Waals surface area contributed by atoms with Gasteiger partial charge in [0.2, 0.25) is 0 Å². The third-order valence-corrected chi connectivity index (χ3v) is 9.99. The lowest BCUT2D eigenvalue weighted by molar-refractivity contribution is -0.160. The third kappa shape index (κ3) is 8.30. The summed E-state index contributed by atoms with van der Waals surface area (Å²) in [6.07, 6.45) is 2.81. The number of carbonyl (C=O) groups is 5. The molecule has 298 valence electrons. The number of aliphatic hydroxyl groups excluding tert-OH is 1. The lowest BCUT2D eigenvalue weighted by Gasteiger charge is -2.37. The molecule has 0 fully saturated rings. The number of methoxy groups -OCH3 is 1. The van der Waals surface area contributed by atoms with E-state index < -0.39 is 95.0 Å². The first kappa shape index (κ1) is 42.3. The van der Waals surface area contributed by atoms with Crippen LogP contribution in [0.4, 0.5) is 5.69 Å². The number of aliphatic carboxylic acids is 1. The van der Waals surface area contributed by atoms with E-state index in [2.05, 4.69) is 5.32 Å². The molecule has 3 aliphatic heterocycles. The number of hydrogen-bond donors (Lipinski definition) is 6. The lowest BCUT2D eigenvalue weighted by Crippen LogP contribution is -2.48. The van der Waals surface area contributed by atoms with Crippen molar-refractivity contribution in [1.29, 1.82) is 0 Å². The number of carboxylic acid groups (broad SMARTS) is 1. The molecular weight excluding hydrogens is 722 g/mol. The molecular formula is C39H47NO15. The standard InChI is InChI=1S/C39H47NO15/c1-17-11-10-13-38(7,50)35(47)21(5)30(44)19(3)33(54-22(6)41)18(2)24(51-9)12-14-53-39(8)36(48)29-27-25(52-16-26(42)43)15-23(40-37(17)49)32(46)28(27)31(45)20(4)34(29)55-39/h10-15,18-19,21,24,30,33,44-46,50H,16H2,1-9H3,(H,40,49)(H,42,43)/b13-10+,14-12?,17-11?. The smallest absolute Gasteiger partial charge is 0.341 e. The third-order valence-electron chi connectivity index (χ3n) is 9.99. The summed E-state index contributed by atoms with van der Waals surface area (Å²) >= 11 is 0. The molecule has 6 N–H and O–H groups in total. The van der Waals surface area contributed by atoms with Crippen LogP contribution in [0.3, 0.4) is 0 Å². The van der Waals surface area contributed by atoms with Gasteiger partial charge in [0.05, 0.1) is 35.1 Å². The Labute approximate surface area is 317 Å². The Balaban J connectivity index is 1.95. The molecule has 2 aromatic rings. The van der Waals surface area contributed by atoms with Crippen molar-refractivity contribution < 1.29 is 73.2 Å². The summed E-state index contributed by atoms with van der Waals surface area (Å²) in [6.45, 7) is 10.2. The molecule has 3 heterocycles. The number of aromatic hydroxyl groups is 2. The monoisotopic (exact) mass is 769 g/mol. The van der Waals surface area contributed by atoms with Gasteiger partial charge in [-0.15, -0.1) is 0 Å². The number of nitrogens with one attached hydrogen (secondary N) is 1. The number of amides is 1. The van der Waals surface area contributed by atoms with Crippen molar-refractivity contribution in [2.75, 3.05) is 19.0 Å². The van der Waals surface area contributed by atoms with Crippen LogP contribution < -0.4 is 14.8 Å². The molecule has 0 aromatic heterocycles. The minimum absolute atomic E-state index is 0.00200. The van der Waals surface area contributed by atoms with Crippen molar-refractivity contribution in [3.8, 4) is 23.0 Å². The van der Waals surface area contributed by atoms with Gasteiger partial charge in [-0.25, -0.2) is 4.79 Å². The first-order chi connectivity index (χ1) is 25.6. The zero-order chi connectivity index (χ0) is 41.3. The normalized spacial score (nSPS) is 29.7. The molecule has 55 heavy (non-hydrogen) atoms. The number of hydrogen-bond acceptors (Lipinski definition) is 14. The molecule has 5 bridgehead atoms. The second kappa shape index (κ2) is 16.1. The number of carboxylic acids is 1. The number of benzene rings is 2. The number of phenolic OH excluding ortho intramolecular Hbond substituents is 2. The molecule has 0 spiro atoms. The zero-order valence-corrected chi connectivity index (χ0v) is 32.0. The highest BCUT2D eigenvalue weighted by atomic mass is 16.7. The van der Waals surface area contributed by atoms with E-state index >= 15 is 0 Å². The number of allylic oxidation sites excluding steroid dienone is 2. The predicted octanol–water partition coefficient (Wildman–Crippen LogP) is 3.84. The van der Waals surface area contributed by atoms with Crippen molar-refractivity contribution in [3.05, 3.63) is 53.3 Å². The minimum Gasteiger partial charge on any atom is -0.507 e. The molecule has 0 saturated carbocycles. The van der Waals surface area contributed by atoms with E-state index in [9.17, 15) is 49.5 Å². The zero-order valence-electron chi connectivity index (χ0n) is 32.0. The van der Waals surface area contributed by atoms with Crippen molar-refractivity contribution >= 4 is 45.9 Å². The molecule has 3 aliphatic rings. The van der Waals surface area contributed by atoms with Crippen molar-refractivity contribution in [1.82, 2.24) is 0 Å². The van der Waals surface area contributed by atoms with Gasteiger partial charge in [-0.3, -0.25) is 19.2 Å². The van der Waals surface area contributed by atoms with Crippen LogP contribution in [-0.4, -0.2) is 98.4 Å². The molecule has 1 amide bonds. The highest BCUT2D eigenvalue weighted by molar-refractivity contribution is 6.21. The van der Waals surface area contributed by atoms with E-state index in [4.69, 9.17) is 23.7 Å². The highest BCUT2D eigenvalue weighted by Crippen LogP contribution is 2.54. The van der Waals surface area contributed by atoms with E-state index in [1.165, 1.54) is 66.9 Å². The molecule has 8 unspecified atom stereocenters. The summed E-state index contributed by atoms with van der Waals surface area (Å²) in [5, 5.41) is 56.7. The Morgan fingerprint density at radius 3 is 2.27 bits per heavy atom. The van der Waals surface area contributed by atoms with Gasteiger partial charge in [0.15, 0.2) is 18.1 Å². The highest BCUT2D eigenvalue weighted by Gasteiger charge is 2.50. The number of phenols is 2. The number of fused-ring (bicyclic) bond motifs is 14. The summed E-state index contributed by atoms with van der Waals surface area (Å²) in [5.74, 6) is -11.0. The van der Waals surface area contributed by atoms with E-state index in [1.54, 1.807) is 13.8 Å². The first-order valence-corrected chi connectivity index (χ1v) is 17.4. The average molecular weight is 770 g/mol. The van der Waals surface area contributed by atoms with Gasteiger partial charge in [0.25, 0.3) is 11.7 Å². The van der Waals surface area contributed by atoms with Crippen LogP contribution in [-0.2, 0) is 33.4 Å². The molecule has 16 nitrogen and oxygen atoms in total. The van der Waals surface area contributed by atoms with Gasteiger partial charge >= 0.3 is 17.7 Å². The van der Waals surface area contributed by atoms with Crippen LogP contribution in [0.25, 0.3) is 10.8 Å². The second-order valence-electron chi connectivity index (χ2n) is 14.2. The first-order valence-electron chi connectivity index (χ1n) is 17.4. The van der Waals surface area contributed by atoms with Gasteiger partial charge in [-0.2, -0.15) is 0 Å². The maximum Gasteiger partial charge on any atom is 0.341 e. The number of aliphatic hydroxyl groups is 2. The van der Waals surface area contributed by atoms with Crippen molar-refractivity contribution in [3.63, 3.8) is 0 Å². The SMILES string of the molecule is COC1C=COC2(C)Oc3c(C)c(O)c4c(O)c(cc(OCC(=O)O)c4c3C2=O)NC(=O)C(C)=C/C=C/C(C)(O)C(=O)C(C)C(O)C(C)C(OC(C)=O)C1C. The Morgan fingerprint density at radius 1 is 1.02 bits per heavy atom. The van der Waals surface area contributed by atoms with Crippen LogP contribution in [0.1, 0.15) is 64.4 Å². The maximum atomic E-state index is 14.2. The molecule has 0 saturated heterocycles. The van der Waals surface area contributed by atoms with E-state index in [0.29, 0.717) is 0 Å². The number of anilines is 1. The molecule has 0 aliphatic carbocycles. The number of ketones is 2. The van der Waals surface area contributed by atoms with E-state index in [1.807, 2.05) is 0 Å². The van der Waals surface area contributed by atoms with Gasteiger partial charge < -0.3 is 54.5 Å². The Hall–Kier alpha value is -5.45. The number of carbonyl (C=O) groups excluding carboxylic acids is 4. The van der Waals surface area contributed by atoms with Gasteiger partial charge in [0.1, 0.15) is 29.0 Å². The topological polar surface area (TPSA) is 245 Å². The summed E-state index contributed by atoms with van der Waals surface area (Å²) < 4.78 is 28.7. The van der Waals surface area contributed by atoms with Gasteiger partial charge in [-0.05, 0) is 32.9 Å². The van der Waals surface area contributed by atoms with Crippen LogP contribution in [0.15, 0.2) is 42.2 Å². The Bertz CT molecular complexity index is 2000. The molecule has 8 atom stereocenters. The van der Waals surface area contributed by atoms with E-state index in [0.717, 1.165) is 18.4 Å². The Kier molecular flexibility index (Phi) is 12.4. The molecule has 2 aromatic carbocycles. The molecule has 5 rings (SSSR count). The maximum absolute atomic E-state index is 14.2. The largest absolute Gasteiger partial charge is 0.507 e. The molecule has 16 heteroatoms. The lowest BCUT2D eigenvalue weighted by atomic mass is 9.78. The second-order valence-corrected chi connectivity index (χ2v) is 14.2. The van der Waals surface area contributed by atoms with E-state index in [-0.39, 0.29) is 44.7 Å². The fraction of sp³-hybridized carbons (Fsp3) is 0.462. The number of esters is 1. The fourth-order valence-electron chi connectivity index (χ4n) is 6.77. The predicted molar refractivity (Wildman–Crippen MR) is 196 cm³/mol. The fourth-order valence-corrected chi connectivity index (χ4v) is 6.77. The number of rotatable bonds is 5. The summed E-state index contributed by atoms with van der Waals surface area (Å²) in [7, 11) is 1.37.